The fraction of sp³-hybridized carbons (Fsp3) is 0.750. The SMILES string of the molecule is CC1CC1C(=O)NCC(O)C(=O)O. The summed E-state index contributed by atoms with van der Waals surface area (Å²) in [4.78, 5) is 21.3. The zero-order chi connectivity index (χ0) is 10.0. The maximum atomic E-state index is 11.1. The number of carboxylic acid groups (broad SMARTS) is 1. The van der Waals surface area contributed by atoms with Gasteiger partial charge in [0.15, 0.2) is 6.10 Å². The molecule has 74 valence electrons. The summed E-state index contributed by atoms with van der Waals surface area (Å²) in [5, 5.41) is 19.5. The minimum Gasteiger partial charge on any atom is -0.479 e. The maximum absolute atomic E-state index is 11.1. The van der Waals surface area contributed by atoms with Gasteiger partial charge in [-0.05, 0) is 12.3 Å². The molecule has 0 aromatic carbocycles. The molecule has 0 aromatic rings. The van der Waals surface area contributed by atoms with Crippen LogP contribution in [0.4, 0.5) is 0 Å². The molecule has 13 heavy (non-hydrogen) atoms. The third kappa shape index (κ3) is 2.69. The Morgan fingerprint density at radius 3 is 2.54 bits per heavy atom. The molecule has 0 heterocycles. The number of amides is 1. The third-order valence-electron chi connectivity index (χ3n) is 2.20. The van der Waals surface area contributed by atoms with E-state index < -0.39 is 12.1 Å². The van der Waals surface area contributed by atoms with Crippen molar-refractivity contribution in [3.63, 3.8) is 0 Å². The third-order valence-corrected chi connectivity index (χ3v) is 2.20. The molecule has 5 heteroatoms. The van der Waals surface area contributed by atoms with E-state index in [2.05, 4.69) is 5.32 Å². The molecule has 1 saturated carbocycles. The lowest BCUT2D eigenvalue weighted by Crippen LogP contribution is -2.37. The summed E-state index contributed by atoms with van der Waals surface area (Å²) in [5.74, 6) is -1.07. The molecule has 1 aliphatic rings. The van der Waals surface area contributed by atoms with E-state index in [0.717, 1.165) is 6.42 Å². The normalized spacial score (nSPS) is 27.8. The highest BCUT2D eigenvalue weighted by Gasteiger charge is 2.39. The Bertz CT molecular complexity index is 228. The fourth-order valence-corrected chi connectivity index (χ4v) is 1.10. The van der Waals surface area contributed by atoms with Crippen LogP contribution >= 0.6 is 0 Å². The minimum atomic E-state index is -1.50. The van der Waals surface area contributed by atoms with Crippen LogP contribution in [0, 0.1) is 11.8 Å². The molecule has 0 aromatic heterocycles. The lowest BCUT2D eigenvalue weighted by molar-refractivity contribution is -0.146. The van der Waals surface area contributed by atoms with Gasteiger partial charge < -0.3 is 15.5 Å². The van der Waals surface area contributed by atoms with Crippen molar-refractivity contribution in [1.29, 1.82) is 0 Å². The Morgan fingerprint density at radius 1 is 1.62 bits per heavy atom. The van der Waals surface area contributed by atoms with Crippen molar-refractivity contribution in [1.82, 2.24) is 5.32 Å². The quantitative estimate of drug-likeness (QED) is 0.538. The predicted molar refractivity (Wildman–Crippen MR) is 43.9 cm³/mol. The van der Waals surface area contributed by atoms with E-state index in [9.17, 15) is 9.59 Å². The number of nitrogens with one attached hydrogen (secondary N) is 1. The van der Waals surface area contributed by atoms with Crippen molar-refractivity contribution in [2.75, 3.05) is 6.54 Å². The molecule has 3 N–H and O–H groups in total. The van der Waals surface area contributed by atoms with E-state index in [1.807, 2.05) is 6.92 Å². The number of hydrogen-bond acceptors (Lipinski definition) is 3. The van der Waals surface area contributed by atoms with Crippen molar-refractivity contribution in [2.24, 2.45) is 11.8 Å². The molecule has 0 radical (unpaired) electrons. The van der Waals surface area contributed by atoms with Crippen LogP contribution in [0.2, 0.25) is 0 Å². The number of aliphatic hydroxyl groups is 1. The molecular formula is C8H13NO4. The average molecular weight is 187 g/mol. The van der Waals surface area contributed by atoms with E-state index in [1.54, 1.807) is 0 Å². The second kappa shape index (κ2) is 3.74. The molecular weight excluding hydrogens is 174 g/mol. The number of carbonyl (C=O) groups is 2. The number of hydrogen-bond donors (Lipinski definition) is 3. The van der Waals surface area contributed by atoms with Gasteiger partial charge in [0, 0.05) is 5.92 Å². The van der Waals surface area contributed by atoms with E-state index >= 15 is 0 Å². The van der Waals surface area contributed by atoms with E-state index in [1.165, 1.54) is 0 Å². The molecule has 1 amide bonds. The number of rotatable bonds is 4. The fourth-order valence-electron chi connectivity index (χ4n) is 1.10. The number of aliphatic carboxylic acids is 1. The van der Waals surface area contributed by atoms with Crippen molar-refractivity contribution in [3.8, 4) is 0 Å². The van der Waals surface area contributed by atoms with Gasteiger partial charge in [-0.2, -0.15) is 0 Å². The molecule has 1 fully saturated rings. The summed E-state index contributed by atoms with van der Waals surface area (Å²) in [6.45, 7) is 1.75. The van der Waals surface area contributed by atoms with Crippen LogP contribution in [0.5, 0.6) is 0 Å². The molecule has 3 unspecified atom stereocenters. The molecule has 0 bridgehead atoms. The Balaban J connectivity index is 2.19. The second-order valence-corrected chi connectivity index (χ2v) is 3.42. The van der Waals surface area contributed by atoms with Crippen molar-refractivity contribution < 1.29 is 19.8 Å². The average Bonchev–Trinajstić information content (AvgIpc) is 2.77. The van der Waals surface area contributed by atoms with Gasteiger partial charge in [-0.15, -0.1) is 0 Å². The molecule has 3 atom stereocenters. The van der Waals surface area contributed by atoms with Crippen LogP contribution in [0.25, 0.3) is 0 Å². The second-order valence-electron chi connectivity index (χ2n) is 3.42. The summed E-state index contributed by atoms with van der Waals surface area (Å²) in [7, 11) is 0. The Kier molecular flexibility index (Phi) is 2.87. The highest BCUT2D eigenvalue weighted by atomic mass is 16.4. The first-order valence-corrected chi connectivity index (χ1v) is 4.21. The summed E-state index contributed by atoms with van der Waals surface area (Å²) < 4.78 is 0. The van der Waals surface area contributed by atoms with Gasteiger partial charge in [0.05, 0.1) is 6.54 Å². The standard InChI is InChI=1S/C8H13NO4/c1-4-2-5(4)7(11)9-3-6(10)8(12)13/h4-6,10H,2-3H2,1H3,(H,9,11)(H,12,13). The molecule has 0 saturated heterocycles. The number of aliphatic hydroxyl groups excluding tert-OH is 1. The monoisotopic (exact) mass is 187 g/mol. The maximum Gasteiger partial charge on any atom is 0.334 e. The van der Waals surface area contributed by atoms with Crippen LogP contribution < -0.4 is 5.32 Å². The van der Waals surface area contributed by atoms with Gasteiger partial charge in [0.2, 0.25) is 5.91 Å². The van der Waals surface area contributed by atoms with Crippen LogP contribution in [-0.4, -0.2) is 34.7 Å². The van der Waals surface area contributed by atoms with Crippen molar-refractivity contribution >= 4 is 11.9 Å². The lowest BCUT2D eigenvalue weighted by atomic mass is 10.3. The summed E-state index contributed by atoms with van der Waals surface area (Å²) in [5.41, 5.74) is 0. The highest BCUT2D eigenvalue weighted by molar-refractivity contribution is 5.82. The van der Waals surface area contributed by atoms with Gasteiger partial charge in [-0.3, -0.25) is 4.79 Å². The highest BCUT2D eigenvalue weighted by Crippen LogP contribution is 2.37. The number of carboxylic acids is 1. The first kappa shape index (κ1) is 9.98. The molecule has 5 nitrogen and oxygen atoms in total. The summed E-state index contributed by atoms with van der Waals surface area (Å²) in [6.07, 6.45) is -0.646. The smallest absolute Gasteiger partial charge is 0.334 e. The van der Waals surface area contributed by atoms with Crippen LogP contribution in [0.3, 0.4) is 0 Å². The molecule has 0 spiro atoms. The number of carbonyl (C=O) groups excluding carboxylic acids is 1. The van der Waals surface area contributed by atoms with Crippen LogP contribution in [-0.2, 0) is 9.59 Å². The summed E-state index contributed by atoms with van der Waals surface area (Å²) >= 11 is 0. The topological polar surface area (TPSA) is 86.6 Å². The molecule has 1 rings (SSSR count). The first-order chi connectivity index (χ1) is 6.02. The van der Waals surface area contributed by atoms with E-state index in [-0.39, 0.29) is 18.4 Å². The van der Waals surface area contributed by atoms with Gasteiger partial charge in [-0.1, -0.05) is 6.92 Å². The zero-order valence-electron chi connectivity index (χ0n) is 7.36. The van der Waals surface area contributed by atoms with Crippen LogP contribution in [0.1, 0.15) is 13.3 Å². The first-order valence-electron chi connectivity index (χ1n) is 4.21. The molecule has 1 aliphatic carbocycles. The Hall–Kier alpha value is -1.10. The Morgan fingerprint density at radius 2 is 2.15 bits per heavy atom. The van der Waals surface area contributed by atoms with Gasteiger partial charge in [0.25, 0.3) is 0 Å². The van der Waals surface area contributed by atoms with Gasteiger partial charge >= 0.3 is 5.97 Å². The molecule has 0 aliphatic heterocycles. The lowest BCUT2D eigenvalue weighted by Gasteiger charge is -2.06. The van der Waals surface area contributed by atoms with Gasteiger partial charge in [-0.25, -0.2) is 4.79 Å². The van der Waals surface area contributed by atoms with E-state index in [0.29, 0.717) is 5.92 Å². The largest absolute Gasteiger partial charge is 0.479 e. The van der Waals surface area contributed by atoms with Crippen molar-refractivity contribution in [2.45, 2.75) is 19.4 Å². The zero-order valence-corrected chi connectivity index (χ0v) is 7.36. The van der Waals surface area contributed by atoms with Crippen molar-refractivity contribution in [3.05, 3.63) is 0 Å². The summed E-state index contributed by atoms with van der Waals surface area (Å²) in [6, 6.07) is 0. The van der Waals surface area contributed by atoms with E-state index in [4.69, 9.17) is 10.2 Å². The predicted octanol–water partition coefficient (Wildman–Crippen LogP) is -0.796. The Labute approximate surface area is 75.7 Å². The van der Waals surface area contributed by atoms with Crippen LogP contribution in [0.15, 0.2) is 0 Å². The van der Waals surface area contributed by atoms with Gasteiger partial charge in [0.1, 0.15) is 0 Å². The minimum absolute atomic E-state index is 0.0148.